The van der Waals surface area contributed by atoms with Gasteiger partial charge in [0.05, 0.1) is 0 Å². The molecule has 0 N–H and O–H groups in total. The molecular weight excluding hydrogens is 312 g/mol. The Bertz CT molecular complexity index is 584. The van der Waals surface area contributed by atoms with Crippen molar-refractivity contribution in [2.45, 2.75) is 85.2 Å². The molecule has 4 saturated carbocycles. The van der Waals surface area contributed by atoms with Crippen molar-refractivity contribution in [1.29, 1.82) is 0 Å². The minimum absolute atomic E-state index is 0.0429. The van der Waals surface area contributed by atoms with Crippen LogP contribution in [0.25, 0.3) is 0 Å². The molecule has 0 bridgehead atoms. The van der Waals surface area contributed by atoms with Crippen LogP contribution >= 0.6 is 0 Å². The van der Waals surface area contributed by atoms with Crippen molar-refractivity contribution in [1.82, 2.24) is 0 Å². The summed E-state index contributed by atoms with van der Waals surface area (Å²) in [6.07, 6.45) is 9.36. The van der Waals surface area contributed by atoms with Crippen LogP contribution in [0.1, 0.15) is 79.1 Å². The maximum atomic E-state index is 12.8. The van der Waals surface area contributed by atoms with E-state index in [4.69, 9.17) is 4.74 Å². The van der Waals surface area contributed by atoms with E-state index in [0.717, 1.165) is 37.5 Å². The first-order valence-corrected chi connectivity index (χ1v) is 10.5. The number of carbonyl (C=O) groups excluding carboxylic acids is 2. The van der Waals surface area contributed by atoms with Gasteiger partial charge in [-0.2, -0.15) is 0 Å². The van der Waals surface area contributed by atoms with Gasteiger partial charge in [-0.15, -0.1) is 0 Å². The molecule has 8 atom stereocenters. The highest BCUT2D eigenvalue weighted by molar-refractivity contribution is 5.89. The molecule has 3 heteroatoms. The molecule has 4 aliphatic rings. The SMILES string of the molecule is CC(=O)OC1CCC2(C)C(CCC3C4CC(C)C(=O)C4(C)CCC32)C1. The Balaban J connectivity index is 1.55. The lowest BCUT2D eigenvalue weighted by molar-refractivity contribution is -0.160. The van der Waals surface area contributed by atoms with Gasteiger partial charge in [-0.25, -0.2) is 0 Å². The van der Waals surface area contributed by atoms with Gasteiger partial charge in [-0.3, -0.25) is 9.59 Å². The Morgan fingerprint density at radius 2 is 1.80 bits per heavy atom. The van der Waals surface area contributed by atoms with E-state index in [2.05, 4.69) is 20.8 Å². The second-order valence-electron chi connectivity index (χ2n) is 10.1. The van der Waals surface area contributed by atoms with Crippen molar-refractivity contribution in [2.75, 3.05) is 0 Å². The Kier molecular flexibility index (Phi) is 4.09. The van der Waals surface area contributed by atoms with Crippen molar-refractivity contribution in [3.05, 3.63) is 0 Å². The van der Waals surface area contributed by atoms with Gasteiger partial charge in [0, 0.05) is 18.3 Å². The minimum Gasteiger partial charge on any atom is -0.463 e. The number of ether oxygens (including phenoxy) is 1. The molecule has 3 nitrogen and oxygen atoms in total. The van der Waals surface area contributed by atoms with Gasteiger partial charge in [0.15, 0.2) is 0 Å². The van der Waals surface area contributed by atoms with Crippen LogP contribution in [-0.2, 0) is 14.3 Å². The molecule has 0 spiro atoms. The van der Waals surface area contributed by atoms with Crippen LogP contribution in [0.2, 0.25) is 0 Å². The van der Waals surface area contributed by atoms with E-state index in [1.165, 1.54) is 32.6 Å². The predicted molar refractivity (Wildman–Crippen MR) is 96.8 cm³/mol. The Labute approximate surface area is 152 Å². The van der Waals surface area contributed by atoms with E-state index >= 15 is 0 Å². The van der Waals surface area contributed by atoms with Crippen LogP contribution < -0.4 is 0 Å². The van der Waals surface area contributed by atoms with E-state index in [1.54, 1.807) is 0 Å². The van der Waals surface area contributed by atoms with Crippen LogP contribution in [0.3, 0.4) is 0 Å². The lowest BCUT2D eigenvalue weighted by Gasteiger charge is -2.60. The second kappa shape index (κ2) is 5.82. The molecule has 25 heavy (non-hydrogen) atoms. The minimum atomic E-state index is -0.130. The fourth-order valence-electron chi connectivity index (χ4n) is 7.67. The highest BCUT2D eigenvalue weighted by atomic mass is 16.5. The fourth-order valence-corrected chi connectivity index (χ4v) is 7.67. The first-order chi connectivity index (χ1) is 11.8. The molecule has 0 heterocycles. The number of rotatable bonds is 1. The van der Waals surface area contributed by atoms with E-state index < -0.39 is 0 Å². The van der Waals surface area contributed by atoms with Crippen molar-refractivity contribution < 1.29 is 14.3 Å². The second-order valence-corrected chi connectivity index (χ2v) is 10.1. The summed E-state index contributed by atoms with van der Waals surface area (Å²) in [6.45, 7) is 8.47. The summed E-state index contributed by atoms with van der Waals surface area (Å²) in [6, 6.07) is 0. The number of Topliss-reactive ketones (excluding diaryl/α,β-unsaturated/α-hetero) is 1. The summed E-state index contributed by atoms with van der Waals surface area (Å²) in [5.74, 6) is 3.47. The maximum Gasteiger partial charge on any atom is 0.302 e. The quantitative estimate of drug-likeness (QED) is 0.642. The number of carbonyl (C=O) groups is 2. The van der Waals surface area contributed by atoms with Gasteiger partial charge < -0.3 is 4.74 Å². The van der Waals surface area contributed by atoms with Crippen LogP contribution in [0.4, 0.5) is 0 Å². The smallest absolute Gasteiger partial charge is 0.302 e. The van der Waals surface area contributed by atoms with Crippen molar-refractivity contribution in [3.8, 4) is 0 Å². The summed E-state index contributed by atoms with van der Waals surface area (Å²) in [5.41, 5.74) is 0.342. The summed E-state index contributed by atoms with van der Waals surface area (Å²) in [7, 11) is 0. The zero-order valence-electron chi connectivity index (χ0n) is 16.3. The molecule has 0 aromatic heterocycles. The molecular formula is C22H34O3. The van der Waals surface area contributed by atoms with E-state index in [0.29, 0.717) is 23.0 Å². The lowest BCUT2D eigenvalue weighted by Crippen LogP contribution is -2.54. The molecule has 0 aliphatic heterocycles. The third-order valence-electron chi connectivity index (χ3n) is 8.96. The maximum absolute atomic E-state index is 12.8. The van der Waals surface area contributed by atoms with Crippen molar-refractivity contribution in [3.63, 3.8) is 0 Å². The van der Waals surface area contributed by atoms with E-state index in [9.17, 15) is 9.59 Å². The third-order valence-corrected chi connectivity index (χ3v) is 8.96. The lowest BCUT2D eigenvalue weighted by atomic mass is 9.45. The van der Waals surface area contributed by atoms with Crippen LogP contribution in [0.15, 0.2) is 0 Å². The van der Waals surface area contributed by atoms with Gasteiger partial charge >= 0.3 is 5.97 Å². The number of hydrogen-bond donors (Lipinski definition) is 0. The number of hydrogen-bond acceptors (Lipinski definition) is 3. The van der Waals surface area contributed by atoms with E-state index in [1.807, 2.05) is 0 Å². The Morgan fingerprint density at radius 3 is 2.52 bits per heavy atom. The molecule has 4 rings (SSSR count). The monoisotopic (exact) mass is 346 g/mol. The van der Waals surface area contributed by atoms with Crippen molar-refractivity contribution >= 4 is 11.8 Å². The highest BCUT2D eigenvalue weighted by Gasteiger charge is 2.61. The number of ketones is 1. The molecule has 8 unspecified atom stereocenters. The molecule has 0 aromatic carbocycles. The summed E-state index contributed by atoms with van der Waals surface area (Å²) >= 11 is 0. The normalized spacial score (nSPS) is 52.1. The third kappa shape index (κ3) is 2.51. The summed E-state index contributed by atoms with van der Waals surface area (Å²) in [4.78, 5) is 24.1. The van der Waals surface area contributed by atoms with Gasteiger partial charge in [-0.1, -0.05) is 20.8 Å². The zero-order valence-corrected chi connectivity index (χ0v) is 16.3. The molecule has 4 fully saturated rings. The van der Waals surface area contributed by atoms with Crippen LogP contribution in [0, 0.1) is 40.4 Å². The summed E-state index contributed by atoms with van der Waals surface area (Å²) in [5, 5.41) is 0. The van der Waals surface area contributed by atoms with E-state index in [-0.39, 0.29) is 23.4 Å². The standard InChI is InChI=1S/C22H34O3/c1-13-11-19-17-6-5-15-12-16(25-14(2)23)7-9-21(15,3)18(17)8-10-22(19,4)20(13)24/h13,15-19H,5-12H2,1-4H3. The first kappa shape index (κ1) is 17.5. The first-order valence-electron chi connectivity index (χ1n) is 10.5. The molecule has 0 radical (unpaired) electrons. The highest BCUT2D eigenvalue weighted by Crippen LogP contribution is 2.66. The predicted octanol–water partition coefficient (Wildman–Crippen LogP) is 4.78. The molecule has 0 saturated heterocycles. The largest absolute Gasteiger partial charge is 0.463 e. The Morgan fingerprint density at radius 1 is 1.04 bits per heavy atom. The van der Waals surface area contributed by atoms with Gasteiger partial charge in [-0.05, 0) is 80.5 Å². The molecule has 0 amide bonds. The van der Waals surface area contributed by atoms with Crippen LogP contribution in [0.5, 0.6) is 0 Å². The fraction of sp³-hybridized carbons (Fsp3) is 0.909. The van der Waals surface area contributed by atoms with Gasteiger partial charge in [0.1, 0.15) is 11.9 Å². The molecule has 0 aromatic rings. The van der Waals surface area contributed by atoms with Gasteiger partial charge in [0.25, 0.3) is 0 Å². The van der Waals surface area contributed by atoms with Crippen molar-refractivity contribution in [2.24, 2.45) is 40.4 Å². The molecule has 140 valence electrons. The zero-order chi connectivity index (χ0) is 18.0. The number of esters is 1. The topological polar surface area (TPSA) is 43.4 Å². The Hall–Kier alpha value is -0.860. The number of fused-ring (bicyclic) bond motifs is 5. The van der Waals surface area contributed by atoms with Crippen LogP contribution in [-0.4, -0.2) is 17.9 Å². The molecule has 4 aliphatic carbocycles. The average molecular weight is 347 g/mol. The summed E-state index contributed by atoms with van der Waals surface area (Å²) < 4.78 is 5.55. The average Bonchev–Trinajstić information content (AvgIpc) is 2.78. The van der Waals surface area contributed by atoms with Gasteiger partial charge in [0.2, 0.25) is 0 Å².